The fourth-order valence-electron chi connectivity index (χ4n) is 4.74. The summed E-state index contributed by atoms with van der Waals surface area (Å²) < 4.78 is 0. The molecule has 140 valence electrons. The van der Waals surface area contributed by atoms with E-state index >= 15 is 0 Å². The Labute approximate surface area is 166 Å². The molecule has 1 saturated heterocycles. The van der Waals surface area contributed by atoms with E-state index in [1.807, 2.05) is 42.5 Å². The quantitative estimate of drug-likeness (QED) is 0.687. The second-order valence-corrected chi connectivity index (χ2v) is 7.78. The van der Waals surface area contributed by atoms with E-state index in [0.717, 1.165) is 12.2 Å². The van der Waals surface area contributed by atoms with E-state index in [1.165, 1.54) is 36.1 Å². The third-order valence-electron chi connectivity index (χ3n) is 6.12. The highest BCUT2D eigenvalue weighted by Crippen LogP contribution is 2.44. The molecule has 0 bridgehead atoms. The highest BCUT2D eigenvalue weighted by atomic mass is 16.1. The van der Waals surface area contributed by atoms with E-state index in [2.05, 4.69) is 46.6 Å². The van der Waals surface area contributed by atoms with Crippen LogP contribution in [0.3, 0.4) is 0 Å². The molecule has 28 heavy (non-hydrogen) atoms. The van der Waals surface area contributed by atoms with Gasteiger partial charge in [0, 0.05) is 29.8 Å². The molecule has 0 unspecified atom stereocenters. The number of rotatable bonds is 3. The maximum Gasteiger partial charge on any atom is 0.255 e. The molecule has 2 aliphatic rings. The van der Waals surface area contributed by atoms with Crippen molar-refractivity contribution in [3.63, 3.8) is 0 Å². The number of carbonyl (C=O) groups excluding carboxylic acids is 1. The summed E-state index contributed by atoms with van der Waals surface area (Å²) in [6.07, 6.45) is 2.56. The van der Waals surface area contributed by atoms with E-state index in [-0.39, 0.29) is 5.91 Å². The van der Waals surface area contributed by atoms with Crippen molar-refractivity contribution in [2.24, 2.45) is 0 Å². The van der Waals surface area contributed by atoms with E-state index < -0.39 is 0 Å². The molecule has 1 N–H and O–H groups in total. The van der Waals surface area contributed by atoms with Crippen LogP contribution in [0.2, 0.25) is 0 Å². The smallest absolute Gasteiger partial charge is 0.255 e. The van der Waals surface area contributed by atoms with Crippen LogP contribution in [0.25, 0.3) is 0 Å². The summed E-state index contributed by atoms with van der Waals surface area (Å²) in [4.78, 5) is 15.0. The van der Waals surface area contributed by atoms with Crippen molar-refractivity contribution in [3.8, 4) is 0 Å². The van der Waals surface area contributed by atoms with Gasteiger partial charge in [0.05, 0.1) is 0 Å². The highest BCUT2D eigenvalue weighted by Gasteiger charge is 2.36. The van der Waals surface area contributed by atoms with Crippen LogP contribution in [0, 0.1) is 0 Å². The number of hydrogen-bond donors (Lipinski definition) is 1. The molecular formula is C25H24N2O. The van der Waals surface area contributed by atoms with Gasteiger partial charge in [-0.25, -0.2) is 0 Å². The molecule has 0 radical (unpaired) electrons. The first-order valence-electron chi connectivity index (χ1n) is 10.1. The summed E-state index contributed by atoms with van der Waals surface area (Å²) in [7, 11) is 0. The topological polar surface area (TPSA) is 32.3 Å². The number of carbonyl (C=O) groups is 1. The lowest BCUT2D eigenvalue weighted by Crippen LogP contribution is -2.34. The molecule has 2 heterocycles. The van der Waals surface area contributed by atoms with Gasteiger partial charge in [-0.2, -0.15) is 0 Å². The molecule has 0 aliphatic carbocycles. The first-order valence-corrected chi connectivity index (χ1v) is 10.1. The number of hydrogen-bond acceptors (Lipinski definition) is 2. The van der Waals surface area contributed by atoms with Crippen LogP contribution in [0.1, 0.15) is 51.8 Å². The van der Waals surface area contributed by atoms with E-state index in [0.29, 0.717) is 17.5 Å². The summed E-state index contributed by atoms with van der Waals surface area (Å²) in [5, 5.41) is 3.00. The summed E-state index contributed by atoms with van der Waals surface area (Å²) in [5.41, 5.74) is 5.79. The highest BCUT2D eigenvalue weighted by molar-refractivity contribution is 6.04. The number of nitrogens with zero attached hydrogens (tertiary/aromatic N) is 1. The van der Waals surface area contributed by atoms with Crippen LogP contribution in [-0.4, -0.2) is 23.9 Å². The van der Waals surface area contributed by atoms with E-state index in [4.69, 9.17) is 0 Å². The Morgan fingerprint density at radius 2 is 1.57 bits per heavy atom. The normalized spacial score (nSPS) is 21.0. The van der Waals surface area contributed by atoms with Crippen molar-refractivity contribution in [2.75, 3.05) is 18.4 Å². The van der Waals surface area contributed by atoms with Gasteiger partial charge in [0.2, 0.25) is 0 Å². The molecule has 0 spiro atoms. The molecule has 2 atom stereocenters. The van der Waals surface area contributed by atoms with Crippen molar-refractivity contribution >= 4 is 11.6 Å². The standard InChI is InChI=1S/C25H24N2O/c28-25(19-7-2-1-3-8-19)26-20-14-12-18(13-15-20)23-17-27-16-6-11-24(27)22-10-5-4-9-21(22)23/h1-5,7-10,12-15,23-24H,6,11,16-17H2,(H,26,28)/t23-,24+/m0/s1. The molecule has 3 nitrogen and oxygen atoms in total. The van der Waals surface area contributed by atoms with Crippen molar-refractivity contribution in [1.82, 2.24) is 4.90 Å². The fourth-order valence-corrected chi connectivity index (χ4v) is 4.74. The zero-order chi connectivity index (χ0) is 18.9. The van der Waals surface area contributed by atoms with Gasteiger partial charge in [-0.05, 0) is 60.3 Å². The van der Waals surface area contributed by atoms with E-state index in [9.17, 15) is 4.79 Å². The zero-order valence-corrected chi connectivity index (χ0v) is 15.8. The number of benzene rings is 3. The summed E-state index contributed by atoms with van der Waals surface area (Å²) in [6.45, 7) is 2.28. The average molecular weight is 368 g/mol. The lowest BCUT2D eigenvalue weighted by molar-refractivity contribution is 0.102. The second-order valence-electron chi connectivity index (χ2n) is 7.78. The van der Waals surface area contributed by atoms with Gasteiger partial charge >= 0.3 is 0 Å². The first kappa shape index (κ1) is 17.2. The molecule has 3 heteroatoms. The minimum absolute atomic E-state index is 0.0729. The second kappa shape index (κ2) is 7.25. The third-order valence-corrected chi connectivity index (χ3v) is 6.12. The Morgan fingerprint density at radius 1 is 0.857 bits per heavy atom. The Kier molecular flexibility index (Phi) is 4.46. The van der Waals surface area contributed by atoms with Crippen LogP contribution in [-0.2, 0) is 0 Å². The van der Waals surface area contributed by atoms with Gasteiger partial charge in [0.25, 0.3) is 5.91 Å². The van der Waals surface area contributed by atoms with Crippen LogP contribution in [0.4, 0.5) is 5.69 Å². The van der Waals surface area contributed by atoms with Gasteiger partial charge < -0.3 is 5.32 Å². The first-order chi connectivity index (χ1) is 13.8. The van der Waals surface area contributed by atoms with Crippen LogP contribution in [0.5, 0.6) is 0 Å². The van der Waals surface area contributed by atoms with E-state index in [1.54, 1.807) is 0 Å². The Balaban J connectivity index is 1.39. The molecule has 5 rings (SSSR count). The minimum Gasteiger partial charge on any atom is -0.322 e. The van der Waals surface area contributed by atoms with Crippen molar-refractivity contribution in [3.05, 3.63) is 101 Å². The number of fused-ring (bicyclic) bond motifs is 3. The molecular weight excluding hydrogens is 344 g/mol. The average Bonchev–Trinajstić information content (AvgIpc) is 3.23. The van der Waals surface area contributed by atoms with Gasteiger partial charge in [0.1, 0.15) is 0 Å². The van der Waals surface area contributed by atoms with Gasteiger partial charge in [0.15, 0.2) is 0 Å². The zero-order valence-electron chi connectivity index (χ0n) is 15.8. The SMILES string of the molecule is O=C(Nc1ccc([C@@H]2CN3CCC[C@@H]3c3ccccc32)cc1)c1ccccc1. The third kappa shape index (κ3) is 3.12. The predicted molar refractivity (Wildman–Crippen MR) is 113 cm³/mol. The summed E-state index contributed by atoms with van der Waals surface area (Å²) in [6, 6.07) is 27.2. The predicted octanol–water partition coefficient (Wildman–Crippen LogP) is 5.22. The molecule has 3 aromatic carbocycles. The number of anilines is 1. The Bertz CT molecular complexity index is 981. The maximum absolute atomic E-state index is 12.4. The lowest BCUT2D eigenvalue weighted by Gasteiger charge is -2.37. The van der Waals surface area contributed by atoms with Crippen LogP contribution < -0.4 is 5.32 Å². The largest absolute Gasteiger partial charge is 0.322 e. The fraction of sp³-hybridized carbons (Fsp3) is 0.240. The molecule has 2 aliphatic heterocycles. The van der Waals surface area contributed by atoms with Crippen molar-refractivity contribution < 1.29 is 4.79 Å². The minimum atomic E-state index is -0.0729. The molecule has 3 aromatic rings. The van der Waals surface area contributed by atoms with Gasteiger partial charge in [-0.15, -0.1) is 0 Å². The lowest BCUT2D eigenvalue weighted by atomic mass is 9.81. The van der Waals surface area contributed by atoms with Crippen molar-refractivity contribution in [2.45, 2.75) is 24.8 Å². The van der Waals surface area contributed by atoms with Crippen LogP contribution in [0.15, 0.2) is 78.9 Å². The Morgan fingerprint density at radius 3 is 2.36 bits per heavy atom. The summed E-state index contributed by atoms with van der Waals surface area (Å²) in [5.74, 6) is 0.320. The summed E-state index contributed by atoms with van der Waals surface area (Å²) >= 11 is 0. The molecule has 0 aromatic heterocycles. The Hall–Kier alpha value is -2.91. The molecule has 1 amide bonds. The van der Waals surface area contributed by atoms with Gasteiger partial charge in [-0.3, -0.25) is 9.69 Å². The van der Waals surface area contributed by atoms with Gasteiger partial charge in [-0.1, -0.05) is 54.6 Å². The van der Waals surface area contributed by atoms with Crippen molar-refractivity contribution in [1.29, 1.82) is 0 Å². The monoisotopic (exact) mass is 368 g/mol. The maximum atomic E-state index is 12.4. The number of nitrogens with one attached hydrogen (secondary N) is 1. The molecule has 1 fully saturated rings. The number of amides is 1. The van der Waals surface area contributed by atoms with Crippen LogP contribution >= 0.6 is 0 Å². The molecule has 0 saturated carbocycles.